The summed E-state index contributed by atoms with van der Waals surface area (Å²) in [5.74, 6) is 0.0311. The smallest absolute Gasteiger partial charge is 0.287 e. The fraction of sp³-hybridized carbons (Fsp3) is 0.182. The predicted octanol–water partition coefficient (Wildman–Crippen LogP) is 3.47. The van der Waals surface area contributed by atoms with Crippen molar-refractivity contribution in [3.8, 4) is 5.75 Å². The number of hydrogen-bond acceptors (Lipinski definition) is 4. The maximum absolute atomic E-state index is 12.7. The van der Waals surface area contributed by atoms with E-state index in [2.05, 4.69) is 10.6 Å². The fourth-order valence-corrected chi connectivity index (χ4v) is 2.90. The zero-order valence-corrected chi connectivity index (χ0v) is 16.4. The van der Waals surface area contributed by atoms with Crippen LogP contribution in [0.2, 0.25) is 5.02 Å². The summed E-state index contributed by atoms with van der Waals surface area (Å²) < 4.78 is 10.7. The van der Waals surface area contributed by atoms with Gasteiger partial charge in [0.15, 0.2) is 5.76 Å². The largest absolute Gasteiger partial charge is 0.492 e. The summed E-state index contributed by atoms with van der Waals surface area (Å²) >= 11 is 5.92. The second-order valence-corrected chi connectivity index (χ2v) is 6.73. The molecule has 1 unspecified atom stereocenters. The van der Waals surface area contributed by atoms with Crippen LogP contribution in [0.15, 0.2) is 77.4 Å². The van der Waals surface area contributed by atoms with Crippen LogP contribution in [-0.4, -0.2) is 31.0 Å². The molecule has 1 heterocycles. The molecule has 3 aromatic rings. The maximum atomic E-state index is 12.7. The molecule has 1 atom stereocenters. The lowest BCUT2D eigenvalue weighted by Gasteiger charge is -2.18. The lowest BCUT2D eigenvalue weighted by molar-refractivity contribution is -0.123. The minimum absolute atomic E-state index is 0.153. The number of rotatable bonds is 9. The Labute approximate surface area is 173 Å². The predicted molar refractivity (Wildman–Crippen MR) is 110 cm³/mol. The Balaban J connectivity index is 1.56. The van der Waals surface area contributed by atoms with Gasteiger partial charge in [-0.05, 0) is 35.9 Å². The number of hydrogen-bond donors (Lipinski definition) is 2. The minimum atomic E-state index is -0.749. The molecule has 0 spiro atoms. The molecule has 3 rings (SSSR count). The quantitative estimate of drug-likeness (QED) is 0.527. The van der Waals surface area contributed by atoms with Crippen LogP contribution < -0.4 is 15.4 Å². The molecule has 29 heavy (non-hydrogen) atoms. The van der Waals surface area contributed by atoms with Gasteiger partial charge < -0.3 is 19.8 Å². The highest BCUT2D eigenvalue weighted by atomic mass is 35.5. The number of amides is 2. The zero-order chi connectivity index (χ0) is 20.5. The Morgan fingerprint density at radius 3 is 2.59 bits per heavy atom. The van der Waals surface area contributed by atoms with E-state index in [-0.39, 0.29) is 24.8 Å². The highest BCUT2D eigenvalue weighted by Crippen LogP contribution is 2.16. The van der Waals surface area contributed by atoms with E-state index in [0.29, 0.717) is 17.2 Å². The van der Waals surface area contributed by atoms with Gasteiger partial charge >= 0.3 is 0 Å². The molecule has 0 bridgehead atoms. The Morgan fingerprint density at radius 2 is 1.86 bits per heavy atom. The first kappa shape index (κ1) is 20.5. The molecule has 0 fully saturated rings. The molecule has 6 nitrogen and oxygen atoms in total. The summed E-state index contributed by atoms with van der Waals surface area (Å²) in [5.41, 5.74) is 0.933. The average Bonchev–Trinajstić information content (AvgIpc) is 3.26. The molecule has 0 saturated heterocycles. The van der Waals surface area contributed by atoms with Crippen molar-refractivity contribution in [2.75, 3.05) is 13.2 Å². The van der Waals surface area contributed by atoms with Crippen molar-refractivity contribution in [1.82, 2.24) is 10.6 Å². The topological polar surface area (TPSA) is 80.6 Å². The van der Waals surface area contributed by atoms with Gasteiger partial charge in [0.1, 0.15) is 18.4 Å². The first-order chi connectivity index (χ1) is 14.1. The van der Waals surface area contributed by atoms with Crippen LogP contribution in [0.5, 0.6) is 5.75 Å². The van der Waals surface area contributed by atoms with E-state index in [1.165, 1.54) is 6.26 Å². The minimum Gasteiger partial charge on any atom is -0.492 e. The van der Waals surface area contributed by atoms with Crippen molar-refractivity contribution < 1.29 is 18.7 Å². The second kappa shape index (κ2) is 10.3. The summed E-state index contributed by atoms with van der Waals surface area (Å²) in [6, 6.07) is 18.9. The number of carbonyl (C=O) groups excluding carboxylic acids is 2. The number of nitrogens with one attached hydrogen (secondary N) is 2. The van der Waals surface area contributed by atoms with Crippen molar-refractivity contribution in [3.63, 3.8) is 0 Å². The molecule has 2 aromatic carbocycles. The van der Waals surface area contributed by atoms with Crippen LogP contribution in [0.1, 0.15) is 16.1 Å². The summed E-state index contributed by atoms with van der Waals surface area (Å²) in [6.07, 6.45) is 1.77. The molecule has 7 heteroatoms. The van der Waals surface area contributed by atoms with E-state index in [4.69, 9.17) is 20.8 Å². The normalized spacial score (nSPS) is 11.5. The van der Waals surface area contributed by atoms with Crippen LogP contribution in [0.25, 0.3) is 0 Å². The molecule has 2 N–H and O–H groups in total. The number of carbonyl (C=O) groups is 2. The summed E-state index contributed by atoms with van der Waals surface area (Å²) in [5, 5.41) is 6.11. The van der Waals surface area contributed by atoms with Gasteiger partial charge in [-0.15, -0.1) is 0 Å². The molecule has 1 aromatic heterocycles. The van der Waals surface area contributed by atoms with Gasteiger partial charge in [0.25, 0.3) is 5.91 Å². The van der Waals surface area contributed by atoms with E-state index in [1.54, 1.807) is 36.4 Å². The highest BCUT2D eigenvalue weighted by molar-refractivity contribution is 6.30. The number of furan rings is 1. The van der Waals surface area contributed by atoms with Gasteiger partial charge in [0.05, 0.1) is 12.8 Å². The molecule has 0 aliphatic rings. The molecule has 0 aliphatic carbocycles. The summed E-state index contributed by atoms with van der Waals surface area (Å²) in [6.45, 7) is 0.559. The number of halogens is 1. The van der Waals surface area contributed by atoms with E-state index in [1.807, 2.05) is 30.3 Å². The van der Waals surface area contributed by atoms with E-state index in [9.17, 15) is 9.59 Å². The Kier molecular flexibility index (Phi) is 7.30. The number of benzene rings is 2. The van der Waals surface area contributed by atoms with E-state index < -0.39 is 11.9 Å². The van der Waals surface area contributed by atoms with Crippen LogP contribution >= 0.6 is 11.6 Å². The number of ether oxygens (including phenoxy) is 1. The maximum Gasteiger partial charge on any atom is 0.287 e. The third-order valence-corrected chi connectivity index (χ3v) is 4.35. The summed E-state index contributed by atoms with van der Waals surface area (Å²) in [4.78, 5) is 25.0. The van der Waals surface area contributed by atoms with Crippen LogP contribution in [0.3, 0.4) is 0 Å². The third kappa shape index (κ3) is 6.40. The van der Waals surface area contributed by atoms with E-state index in [0.717, 1.165) is 5.56 Å². The van der Waals surface area contributed by atoms with Crippen molar-refractivity contribution in [3.05, 3.63) is 89.3 Å². The average molecular weight is 413 g/mol. The Hall–Kier alpha value is -3.25. The zero-order valence-electron chi connectivity index (χ0n) is 15.6. The molecule has 0 aliphatic heterocycles. The fourth-order valence-electron chi connectivity index (χ4n) is 2.72. The van der Waals surface area contributed by atoms with E-state index >= 15 is 0 Å². The highest BCUT2D eigenvalue weighted by Gasteiger charge is 2.22. The lowest BCUT2D eigenvalue weighted by atomic mass is 10.1. The molecule has 0 radical (unpaired) electrons. The van der Waals surface area contributed by atoms with Crippen molar-refractivity contribution in [2.24, 2.45) is 0 Å². The van der Waals surface area contributed by atoms with Crippen LogP contribution in [0, 0.1) is 0 Å². The SMILES string of the molecule is O=C(NC(Cc1ccccc1)C(=O)NCCOc1cccc(Cl)c1)c1ccco1. The van der Waals surface area contributed by atoms with Gasteiger partial charge in [0, 0.05) is 11.4 Å². The molecule has 150 valence electrons. The standard InChI is InChI=1S/C22H21ClN2O4/c23-17-8-4-9-18(15-17)28-13-11-24-21(26)19(14-16-6-2-1-3-7-16)25-22(27)20-10-5-12-29-20/h1-10,12,15,19H,11,13-14H2,(H,24,26)(H,25,27). The molecule has 0 saturated carbocycles. The Bertz CT molecular complexity index is 929. The van der Waals surface area contributed by atoms with Gasteiger partial charge in [-0.3, -0.25) is 9.59 Å². The second-order valence-electron chi connectivity index (χ2n) is 6.29. The van der Waals surface area contributed by atoms with Crippen LogP contribution in [0.4, 0.5) is 0 Å². The van der Waals surface area contributed by atoms with Gasteiger partial charge in [-0.1, -0.05) is 48.0 Å². The molecule has 2 amide bonds. The summed E-state index contributed by atoms with van der Waals surface area (Å²) in [7, 11) is 0. The molecular formula is C22H21ClN2O4. The van der Waals surface area contributed by atoms with Gasteiger partial charge in [0.2, 0.25) is 5.91 Å². The Morgan fingerprint density at radius 1 is 1.03 bits per heavy atom. The lowest BCUT2D eigenvalue weighted by Crippen LogP contribution is -2.48. The first-order valence-electron chi connectivity index (χ1n) is 9.16. The third-order valence-electron chi connectivity index (χ3n) is 4.12. The van der Waals surface area contributed by atoms with Crippen molar-refractivity contribution >= 4 is 23.4 Å². The first-order valence-corrected chi connectivity index (χ1v) is 9.54. The van der Waals surface area contributed by atoms with Crippen molar-refractivity contribution in [2.45, 2.75) is 12.5 Å². The van der Waals surface area contributed by atoms with Crippen molar-refractivity contribution in [1.29, 1.82) is 0 Å². The van der Waals surface area contributed by atoms with Gasteiger partial charge in [-0.25, -0.2) is 0 Å². The monoisotopic (exact) mass is 412 g/mol. The van der Waals surface area contributed by atoms with Gasteiger partial charge in [-0.2, -0.15) is 0 Å². The molecular weight excluding hydrogens is 392 g/mol. The van der Waals surface area contributed by atoms with Crippen LogP contribution in [-0.2, 0) is 11.2 Å².